The Morgan fingerprint density at radius 1 is 1.40 bits per heavy atom. The fraction of sp³-hybridized carbons (Fsp3) is 0.714. The molecule has 1 aliphatic rings. The van der Waals surface area contributed by atoms with Gasteiger partial charge in [0.2, 0.25) is 5.91 Å². The van der Waals surface area contributed by atoms with E-state index in [0.717, 1.165) is 38.2 Å². The molecule has 1 amide bonds. The molecule has 0 radical (unpaired) electrons. The van der Waals surface area contributed by atoms with Gasteiger partial charge in [0.25, 0.3) is 0 Å². The lowest BCUT2D eigenvalue weighted by molar-refractivity contribution is -0.122. The van der Waals surface area contributed by atoms with Crippen LogP contribution >= 0.6 is 24.0 Å². The van der Waals surface area contributed by atoms with E-state index in [9.17, 15) is 4.79 Å². The zero-order chi connectivity index (χ0) is 14.1. The number of carbonyl (C=O) groups is 1. The van der Waals surface area contributed by atoms with E-state index in [4.69, 9.17) is 0 Å². The number of rotatable bonds is 8. The van der Waals surface area contributed by atoms with E-state index in [2.05, 4.69) is 27.1 Å². The molecule has 1 fully saturated rings. The van der Waals surface area contributed by atoms with Crippen LogP contribution in [0.15, 0.2) is 17.6 Å². The molecule has 0 atom stereocenters. The number of aliphatic imine (C=N–C) groups is 1. The van der Waals surface area contributed by atoms with E-state index >= 15 is 0 Å². The lowest BCUT2D eigenvalue weighted by Crippen LogP contribution is -2.43. The molecule has 1 rings (SSSR count). The summed E-state index contributed by atoms with van der Waals surface area (Å²) in [4.78, 5) is 17.8. The second-order valence-electron chi connectivity index (χ2n) is 4.89. The number of halogens is 1. The molecule has 2 N–H and O–H groups in total. The molecule has 0 saturated heterocycles. The van der Waals surface area contributed by atoms with E-state index in [1.54, 1.807) is 7.05 Å². The molecule has 6 heteroatoms. The summed E-state index contributed by atoms with van der Waals surface area (Å²) in [5.74, 6) is 1.33. The van der Waals surface area contributed by atoms with Gasteiger partial charge in [-0.05, 0) is 25.7 Å². The first-order valence-corrected chi connectivity index (χ1v) is 6.99. The molecule has 0 aromatic carbocycles. The van der Waals surface area contributed by atoms with Crippen LogP contribution in [0.25, 0.3) is 0 Å². The van der Waals surface area contributed by atoms with Crippen LogP contribution in [0.1, 0.15) is 25.7 Å². The van der Waals surface area contributed by atoms with Gasteiger partial charge in [0, 0.05) is 39.6 Å². The maximum Gasteiger partial charge on any atom is 0.223 e. The Balaban J connectivity index is 0.00000361. The second kappa shape index (κ2) is 10.9. The highest BCUT2D eigenvalue weighted by atomic mass is 127. The Kier molecular flexibility index (Phi) is 10.5. The molecule has 0 aliphatic heterocycles. The van der Waals surface area contributed by atoms with E-state index in [-0.39, 0.29) is 35.8 Å². The number of amides is 1. The van der Waals surface area contributed by atoms with Gasteiger partial charge in [0.05, 0.1) is 0 Å². The maximum absolute atomic E-state index is 11.4. The van der Waals surface area contributed by atoms with Crippen LogP contribution in [-0.2, 0) is 4.79 Å². The summed E-state index contributed by atoms with van der Waals surface area (Å²) in [6.45, 7) is 6.01. The van der Waals surface area contributed by atoms with Crippen LogP contribution in [0, 0.1) is 5.92 Å². The first kappa shape index (κ1) is 19.2. The highest BCUT2D eigenvalue weighted by Gasteiger charge is 2.28. The maximum atomic E-state index is 11.4. The third kappa shape index (κ3) is 7.72. The Morgan fingerprint density at radius 3 is 2.60 bits per heavy atom. The lowest BCUT2D eigenvalue weighted by atomic mass is 10.3. The Morgan fingerprint density at radius 2 is 2.05 bits per heavy atom. The van der Waals surface area contributed by atoms with Gasteiger partial charge in [-0.3, -0.25) is 9.79 Å². The van der Waals surface area contributed by atoms with Crippen molar-refractivity contribution in [3.63, 3.8) is 0 Å². The first-order chi connectivity index (χ1) is 9.19. The van der Waals surface area contributed by atoms with Gasteiger partial charge in [-0.25, -0.2) is 0 Å². The average Bonchev–Trinajstić information content (AvgIpc) is 3.23. The molecule has 0 heterocycles. The highest BCUT2D eigenvalue weighted by Crippen LogP contribution is 2.28. The molecular weight excluding hydrogens is 367 g/mol. The topological polar surface area (TPSA) is 56.7 Å². The van der Waals surface area contributed by atoms with Crippen molar-refractivity contribution in [3.05, 3.63) is 12.7 Å². The van der Waals surface area contributed by atoms with Gasteiger partial charge in [-0.15, -0.1) is 30.6 Å². The zero-order valence-electron chi connectivity index (χ0n) is 12.5. The summed E-state index contributed by atoms with van der Waals surface area (Å²) in [7, 11) is 3.79. The van der Waals surface area contributed by atoms with Crippen LogP contribution in [0.3, 0.4) is 0 Å². The summed E-state index contributed by atoms with van der Waals surface area (Å²) in [5.41, 5.74) is 0. The van der Waals surface area contributed by atoms with Gasteiger partial charge in [-0.2, -0.15) is 0 Å². The Hall–Kier alpha value is -0.790. The Bertz CT molecular complexity index is 329. The predicted molar refractivity (Wildman–Crippen MR) is 94.6 cm³/mol. The highest BCUT2D eigenvalue weighted by molar-refractivity contribution is 14.0. The number of unbranched alkanes of at least 4 members (excludes halogenated alkanes) is 1. The molecule has 1 saturated carbocycles. The molecule has 116 valence electrons. The van der Waals surface area contributed by atoms with Crippen molar-refractivity contribution in [2.24, 2.45) is 10.9 Å². The molecule has 0 aromatic heterocycles. The molecule has 20 heavy (non-hydrogen) atoms. The summed E-state index contributed by atoms with van der Waals surface area (Å²) >= 11 is 0. The quantitative estimate of drug-likeness (QED) is 0.216. The minimum atomic E-state index is 0. The summed E-state index contributed by atoms with van der Waals surface area (Å²) in [6.07, 6.45) is 6.11. The van der Waals surface area contributed by atoms with E-state index < -0.39 is 0 Å². The molecule has 0 bridgehead atoms. The normalized spacial score (nSPS) is 14.2. The Labute approximate surface area is 139 Å². The first-order valence-electron chi connectivity index (χ1n) is 6.99. The van der Waals surface area contributed by atoms with Crippen molar-refractivity contribution in [1.82, 2.24) is 15.5 Å². The largest absolute Gasteiger partial charge is 0.354 e. The third-order valence-electron chi connectivity index (χ3n) is 3.13. The van der Waals surface area contributed by atoms with Crippen molar-refractivity contribution in [3.8, 4) is 0 Å². The summed E-state index contributed by atoms with van der Waals surface area (Å²) < 4.78 is 0. The molecule has 0 aromatic rings. The van der Waals surface area contributed by atoms with Crippen molar-refractivity contribution >= 4 is 35.8 Å². The SMILES string of the molecule is C=CCCCN(C)C(=NC)NCCNC(=O)C1CC1.I. The number of carbonyl (C=O) groups excluding carboxylic acids is 1. The number of hydrogen-bond acceptors (Lipinski definition) is 2. The molecule has 1 aliphatic carbocycles. The number of nitrogens with zero attached hydrogens (tertiary/aromatic N) is 2. The molecular formula is C14H27IN4O. The van der Waals surface area contributed by atoms with Crippen LogP contribution in [-0.4, -0.2) is 50.5 Å². The van der Waals surface area contributed by atoms with Crippen LogP contribution in [0.4, 0.5) is 0 Å². The second-order valence-corrected chi connectivity index (χ2v) is 4.89. The lowest BCUT2D eigenvalue weighted by Gasteiger charge is -2.21. The van der Waals surface area contributed by atoms with Gasteiger partial charge in [0.15, 0.2) is 5.96 Å². The minimum Gasteiger partial charge on any atom is -0.354 e. The zero-order valence-corrected chi connectivity index (χ0v) is 14.9. The van der Waals surface area contributed by atoms with E-state index in [1.165, 1.54) is 0 Å². The molecule has 5 nitrogen and oxygen atoms in total. The average molecular weight is 394 g/mol. The summed E-state index contributed by atoms with van der Waals surface area (Å²) in [6, 6.07) is 0. The van der Waals surface area contributed by atoms with E-state index in [1.807, 2.05) is 13.1 Å². The van der Waals surface area contributed by atoms with Gasteiger partial charge < -0.3 is 15.5 Å². The fourth-order valence-electron chi connectivity index (χ4n) is 1.81. The van der Waals surface area contributed by atoms with Crippen LogP contribution < -0.4 is 10.6 Å². The van der Waals surface area contributed by atoms with Crippen molar-refractivity contribution in [1.29, 1.82) is 0 Å². The third-order valence-corrected chi connectivity index (χ3v) is 3.13. The van der Waals surface area contributed by atoms with Crippen molar-refractivity contribution in [2.75, 3.05) is 33.7 Å². The minimum absolute atomic E-state index is 0. The standard InChI is InChI=1S/C14H26N4O.HI/c1-4-5-6-11-18(3)14(15-2)17-10-9-16-13(19)12-7-8-12;/h4,12H,1,5-11H2,2-3H3,(H,15,17)(H,16,19);1H. The smallest absolute Gasteiger partial charge is 0.223 e. The molecule has 0 spiro atoms. The monoisotopic (exact) mass is 394 g/mol. The van der Waals surface area contributed by atoms with Crippen molar-refractivity contribution in [2.45, 2.75) is 25.7 Å². The number of hydrogen-bond donors (Lipinski definition) is 2. The van der Waals surface area contributed by atoms with Gasteiger partial charge in [-0.1, -0.05) is 6.08 Å². The van der Waals surface area contributed by atoms with Crippen molar-refractivity contribution < 1.29 is 4.79 Å². The fourth-order valence-corrected chi connectivity index (χ4v) is 1.81. The number of allylic oxidation sites excluding steroid dienone is 1. The molecule has 0 unspecified atom stereocenters. The van der Waals surface area contributed by atoms with Gasteiger partial charge >= 0.3 is 0 Å². The predicted octanol–water partition coefficient (Wildman–Crippen LogP) is 1.60. The number of guanidine groups is 1. The number of nitrogens with one attached hydrogen (secondary N) is 2. The van der Waals surface area contributed by atoms with Crippen LogP contribution in [0.2, 0.25) is 0 Å². The van der Waals surface area contributed by atoms with Crippen LogP contribution in [0.5, 0.6) is 0 Å². The summed E-state index contributed by atoms with van der Waals surface area (Å²) in [5, 5.41) is 6.17. The van der Waals surface area contributed by atoms with Gasteiger partial charge in [0.1, 0.15) is 0 Å². The van der Waals surface area contributed by atoms with E-state index in [0.29, 0.717) is 13.1 Å².